The minimum Gasteiger partial charge on any atom is -0.478 e. The monoisotopic (exact) mass is 346 g/mol. The van der Waals surface area contributed by atoms with Gasteiger partial charge in [0.1, 0.15) is 0 Å². The molecule has 0 fully saturated rings. The first-order chi connectivity index (χ1) is 12.3. The molecule has 1 aliphatic rings. The van der Waals surface area contributed by atoms with E-state index < -0.39 is 5.97 Å². The normalized spacial score (nSPS) is 15.8. The highest BCUT2D eigenvalue weighted by atomic mass is 16.4. The molecule has 0 saturated carbocycles. The second-order valence-corrected chi connectivity index (χ2v) is 7.97. The Labute approximate surface area is 155 Å². The van der Waals surface area contributed by atoms with Crippen molar-refractivity contribution >= 4 is 23.7 Å². The lowest BCUT2D eigenvalue weighted by molar-refractivity contribution is 0.0697. The van der Waals surface area contributed by atoms with Crippen LogP contribution in [0.1, 0.15) is 66.7 Å². The molecule has 0 bridgehead atoms. The Bertz CT molecular complexity index is 881. The van der Waals surface area contributed by atoms with E-state index in [2.05, 4.69) is 58.0 Å². The zero-order valence-electron chi connectivity index (χ0n) is 15.9. The lowest BCUT2D eigenvalue weighted by atomic mass is 9.71. The van der Waals surface area contributed by atoms with Gasteiger partial charge in [-0.15, -0.1) is 0 Å². The highest BCUT2D eigenvalue weighted by Crippen LogP contribution is 2.41. The van der Waals surface area contributed by atoms with Crippen LogP contribution in [0.5, 0.6) is 0 Å². The van der Waals surface area contributed by atoms with E-state index in [9.17, 15) is 4.79 Å². The minimum atomic E-state index is -0.897. The van der Waals surface area contributed by atoms with Gasteiger partial charge < -0.3 is 5.11 Å². The summed E-state index contributed by atoms with van der Waals surface area (Å²) in [6, 6.07) is 13.7. The molecular weight excluding hydrogens is 320 g/mol. The maximum Gasteiger partial charge on any atom is 0.335 e. The molecular formula is C24H26O2. The highest BCUT2D eigenvalue weighted by Gasteiger charge is 2.28. The van der Waals surface area contributed by atoms with E-state index in [1.54, 1.807) is 12.1 Å². The predicted octanol–water partition coefficient (Wildman–Crippen LogP) is 6.28. The van der Waals surface area contributed by atoms with Gasteiger partial charge in [0.05, 0.1) is 5.56 Å². The number of carboxylic acid groups (broad SMARTS) is 1. The number of rotatable bonds is 4. The third-order valence-corrected chi connectivity index (χ3v) is 5.16. The Morgan fingerprint density at radius 1 is 1.04 bits per heavy atom. The van der Waals surface area contributed by atoms with Crippen molar-refractivity contribution in [3.05, 3.63) is 76.4 Å². The van der Waals surface area contributed by atoms with E-state index in [1.165, 1.54) is 16.7 Å². The number of carbonyl (C=O) groups is 1. The van der Waals surface area contributed by atoms with Crippen LogP contribution >= 0.6 is 0 Å². The Hall–Kier alpha value is -2.61. The van der Waals surface area contributed by atoms with E-state index in [0.29, 0.717) is 11.5 Å². The molecule has 0 unspecified atom stereocenters. The van der Waals surface area contributed by atoms with Gasteiger partial charge in [-0.3, -0.25) is 0 Å². The minimum absolute atomic E-state index is 0.169. The average molecular weight is 346 g/mol. The van der Waals surface area contributed by atoms with Crippen LogP contribution in [0.15, 0.2) is 48.5 Å². The van der Waals surface area contributed by atoms with Gasteiger partial charge in [0, 0.05) is 0 Å². The second-order valence-electron chi connectivity index (χ2n) is 7.97. The fraction of sp³-hybridized carbons (Fsp3) is 0.292. The van der Waals surface area contributed by atoms with Crippen LogP contribution in [0.25, 0.3) is 17.7 Å². The number of fused-ring (bicyclic) bond motifs is 1. The van der Waals surface area contributed by atoms with Crippen LogP contribution in [0.2, 0.25) is 0 Å². The van der Waals surface area contributed by atoms with Gasteiger partial charge in [0.25, 0.3) is 0 Å². The van der Waals surface area contributed by atoms with Gasteiger partial charge in [0.15, 0.2) is 0 Å². The number of allylic oxidation sites excluding steroid dienone is 2. The number of carboxylic acids is 1. The summed E-state index contributed by atoms with van der Waals surface area (Å²) < 4.78 is 0. The molecule has 0 amide bonds. The van der Waals surface area contributed by atoms with Crippen LogP contribution in [-0.2, 0) is 5.41 Å². The topological polar surface area (TPSA) is 37.3 Å². The van der Waals surface area contributed by atoms with Crippen molar-refractivity contribution in [1.82, 2.24) is 0 Å². The molecule has 3 rings (SSSR count). The van der Waals surface area contributed by atoms with E-state index in [1.807, 2.05) is 18.2 Å². The Morgan fingerprint density at radius 2 is 1.65 bits per heavy atom. The van der Waals surface area contributed by atoms with Gasteiger partial charge >= 0.3 is 5.97 Å². The summed E-state index contributed by atoms with van der Waals surface area (Å²) in [4.78, 5) is 10.9. The zero-order chi connectivity index (χ0) is 18.9. The summed E-state index contributed by atoms with van der Waals surface area (Å²) in [6.07, 6.45) is 7.60. The zero-order valence-corrected chi connectivity index (χ0v) is 15.9. The summed E-state index contributed by atoms with van der Waals surface area (Å²) >= 11 is 0. The number of benzene rings is 2. The van der Waals surface area contributed by atoms with Gasteiger partial charge in [-0.2, -0.15) is 0 Å². The highest BCUT2D eigenvalue weighted by molar-refractivity contribution is 5.88. The molecule has 1 aliphatic carbocycles. The Morgan fingerprint density at radius 3 is 2.27 bits per heavy atom. The molecule has 0 spiro atoms. The van der Waals surface area contributed by atoms with Crippen LogP contribution in [0, 0.1) is 5.92 Å². The van der Waals surface area contributed by atoms with Crippen molar-refractivity contribution < 1.29 is 9.90 Å². The van der Waals surface area contributed by atoms with Gasteiger partial charge in [-0.25, -0.2) is 4.79 Å². The van der Waals surface area contributed by atoms with Gasteiger partial charge in [-0.05, 0) is 63.8 Å². The second kappa shape index (κ2) is 6.95. The predicted molar refractivity (Wildman–Crippen MR) is 109 cm³/mol. The summed E-state index contributed by atoms with van der Waals surface area (Å²) in [7, 11) is 0. The van der Waals surface area contributed by atoms with E-state index in [-0.39, 0.29) is 5.41 Å². The van der Waals surface area contributed by atoms with E-state index in [0.717, 1.165) is 17.5 Å². The summed E-state index contributed by atoms with van der Waals surface area (Å²) in [5.74, 6) is -0.390. The molecule has 0 aliphatic heterocycles. The van der Waals surface area contributed by atoms with Crippen molar-refractivity contribution in [3.8, 4) is 0 Å². The fourth-order valence-electron chi connectivity index (χ4n) is 3.56. The van der Waals surface area contributed by atoms with Crippen LogP contribution in [-0.4, -0.2) is 11.1 Å². The lowest BCUT2D eigenvalue weighted by Gasteiger charge is -2.33. The van der Waals surface area contributed by atoms with Crippen molar-refractivity contribution in [2.24, 2.45) is 5.92 Å². The molecule has 2 aromatic rings. The SMILES string of the molecule is CC(C)C1=CCC(C)(C)c2ccc(C=Cc3ccc(C(=O)O)cc3)cc21. The quantitative estimate of drug-likeness (QED) is 0.662. The summed E-state index contributed by atoms with van der Waals surface area (Å²) in [5.41, 5.74) is 6.85. The molecule has 0 atom stereocenters. The molecule has 0 saturated heterocycles. The largest absolute Gasteiger partial charge is 0.478 e. The number of hydrogen-bond acceptors (Lipinski definition) is 1. The lowest BCUT2D eigenvalue weighted by Crippen LogP contribution is -2.22. The first-order valence-electron chi connectivity index (χ1n) is 9.14. The maximum atomic E-state index is 10.9. The number of hydrogen-bond donors (Lipinski definition) is 1. The fourth-order valence-corrected chi connectivity index (χ4v) is 3.56. The smallest absolute Gasteiger partial charge is 0.335 e. The van der Waals surface area contributed by atoms with Crippen molar-refractivity contribution in [2.45, 2.75) is 39.5 Å². The average Bonchev–Trinajstić information content (AvgIpc) is 2.59. The molecule has 2 heteroatoms. The van der Waals surface area contributed by atoms with Crippen molar-refractivity contribution in [2.75, 3.05) is 0 Å². The molecule has 26 heavy (non-hydrogen) atoms. The Kier molecular flexibility index (Phi) is 4.86. The van der Waals surface area contributed by atoms with Crippen LogP contribution in [0.3, 0.4) is 0 Å². The molecule has 0 aromatic heterocycles. The molecule has 2 nitrogen and oxygen atoms in total. The molecule has 134 valence electrons. The van der Waals surface area contributed by atoms with Crippen molar-refractivity contribution in [1.29, 1.82) is 0 Å². The van der Waals surface area contributed by atoms with E-state index in [4.69, 9.17) is 5.11 Å². The molecule has 0 radical (unpaired) electrons. The van der Waals surface area contributed by atoms with Gasteiger partial charge in [0.2, 0.25) is 0 Å². The maximum absolute atomic E-state index is 10.9. The standard InChI is InChI=1S/C24H26O2/c1-16(2)20-13-14-24(3,4)22-12-9-18(15-21(20)22)6-5-17-7-10-19(11-8-17)23(25)26/h5-13,15-16H,14H2,1-4H3,(H,25,26). The first-order valence-corrected chi connectivity index (χ1v) is 9.14. The van der Waals surface area contributed by atoms with Gasteiger partial charge in [-0.1, -0.05) is 70.2 Å². The van der Waals surface area contributed by atoms with Crippen molar-refractivity contribution in [3.63, 3.8) is 0 Å². The first kappa shape index (κ1) is 18.2. The van der Waals surface area contributed by atoms with Crippen LogP contribution in [0.4, 0.5) is 0 Å². The third kappa shape index (κ3) is 3.65. The van der Waals surface area contributed by atoms with Crippen LogP contribution < -0.4 is 0 Å². The molecule has 0 heterocycles. The number of aromatic carboxylic acids is 1. The Balaban J connectivity index is 1.92. The summed E-state index contributed by atoms with van der Waals surface area (Å²) in [6.45, 7) is 9.11. The molecule has 2 aromatic carbocycles. The van der Waals surface area contributed by atoms with E-state index >= 15 is 0 Å². The summed E-state index contributed by atoms with van der Waals surface area (Å²) in [5, 5.41) is 8.98. The third-order valence-electron chi connectivity index (χ3n) is 5.16. The molecule has 1 N–H and O–H groups in total.